The number of allylic oxidation sites excluding steroid dienone is 1. The molecule has 0 fully saturated rings. The second kappa shape index (κ2) is 3.91. The summed E-state index contributed by atoms with van der Waals surface area (Å²) in [5.74, 6) is 0. The van der Waals surface area contributed by atoms with Crippen LogP contribution in [0.5, 0.6) is 0 Å². The highest BCUT2D eigenvalue weighted by atomic mass is 79.9. The summed E-state index contributed by atoms with van der Waals surface area (Å²) in [7, 11) is 0. The maximum absolute atomic E-state index is 6.04. The third kappa shape index (κ3) is 1.79. The Morgan fingerprint density at radius 2 is 2.50 bits per heavy atom. The maximum atomic E-state index is 6.04. The second-order valence-electron chi connectivity index (χ2n) is 3.86. The SMILES string of the molecule is C=C(Br)Cn1ccc2c1CCCC2N. The molecule has 76 valence electrons. The van der Waals surface area contributed by atoms with Crippen molar-refractivity contribution >= 4 is 15.9 Å². The van der Waals surface area contributed by atoms with E-state index < -0.39 is 0 Å². The van der Waals surface area contributed by atoms with Gasteiger partial charge in [-0.15, -0.1) is 0 Å². The first-order valence-electron chi connectivity index (χ1n) is 4.95. The van der Waals surface area contributed by atoms with E-state index >= 15 is 0 Å². The van der Waals surface area contributed by atoms with E-state index in [1.165, 1.54) is 17.7 Å². The Morgan fingerprint density at radius 3 is 3.21 bits per heavy atom. The first-order chi connectivity index (χ1) is 6.68. The zero-order chi connectivity index (χ0) is 10.1. The largest absolute Gasteiger partial charge is 0.346 e. The summed E-state index contributed by atoms with van der Waals surface area (Å²) < 4.78 is 3.25. The highest BCUT2D eigenvalue weighted by molar-refractivity contribution is 9.11. The van der Waals surface area contributed by atoms with Crippen LogP contribution in [0.4, 0.5) is 0 Å². The van der Waals surface area contributed by atoms with Crippen LogP contribution in [0.2, 0.25) is 0 Å². The number of fused-ring (bicyclic) bond motifs is 1. The molecule has 3 heteroatoms. The van der Waals surface area contributed by atoms with Gasteiger partial charge in [-0.2, -0.15) is 0 Å². The quantitative estimate of drug-likeness (QED) is 0.865. The molecule has 14 heavy (non-hydrogen) atoms. The fraction of sp³-hybridized carbons (Fsp3) is 0.455. The van der Waals surface area contributed by atoms with Crippen LogP contribution in [0.1, 0.15) is 30.1 Å². The van der Waals surface area contributed by atoms with Crippen LogP contribution in [-0.4, -0.2) is 4.57 Å². The van der Waals surface area contributed by atoms with Crippen LogP contribution in [0.25, 0.3) is 0 Å². The number of hydrogen-bond acceptors (Lipinski definition) is 1. The van der Waals surface area contributed by atoms with Gasteiger partial charge in [0.15, 0.2) is 0 Å². The van der Waals surface area contributed by atoms with E-state index in [0.29, 0.717) is 0 Å². The van der Waals surface area contributed by atoms with E-state index in [1.807, 2.05) is 0 Å². The molecule has 2 rings (SSSR count). The average molecular weight is 255 g/mol. The molecule has 0 saturated heterocycles. The van der Waals surface area contributed by atoms with Crippen molar-refractivity contribution in [2.45, 2.75) is 31.8 Å². The van der Waals surface area contributed by atoms with Gasteiger partial charge in [-0.25, -0.2) is 0 Å². The number of rotatable bonds is 2. The van der Waals surface area contributed by atoms with Gasteiger partial charge in [0.05, 0.1) is 6.54 Å². The minimum Gasteiger partial charge on any atom is -0.346 e. The summed E-state index contributed by atoms with van der Waals surface area (Å²) in [6.07, 6.45) is 5.58. The number of nitrogens with zero attached hydrogens (tertiary/aromatic N) is 1. The molecule has 1 unspecified atom stereocenters. The molecule has 0 saturated carbocycles. The fourth-order valence-corrected chi connectivity index (χ4v) is 2.40. The number of aromatic nitrogens is 1. The molecule has 2 nitrogen and oxygen atoms in total. The first kappa shape index (κ1) is 9.99. The molecule has 1 aliphatic rings. The van der Waals surface area contributed by atoms with E-state index in [2.05, 4.69) is 39.3 Å². The molecule has 1 aromatic heterocycles. The number of hydrogen-bond donors (Lipinski definition) is 1. The number of nitrogens with two attached hydrogens (primary N) is 1. The molecule has 0 aromatic carbocycles. The van der Waals surface area contributed by atoms with Gasteiger partial charge >= 0.3 is 0 Å². The van der Waals surface area contributed by atoms with Crippen molar-refractivity contribution in [1.82, 2.24) is 4.57 Å². The molecular formula is C11H15BrN2. The van der Waals surface area contributed by atoms with Crippen LogP contribution in [0, 0.1) is 0 Å². The van der Waals surface area contributed by atoms with Gasteiger partial charge in [0.25, 0.3) is 0 Å². The maximum Gasteiger partial charge on any atom is 0.0532 e. The van der Waals surface area contributed by atoms with Gasteiger partial charge in [0.2, 0.25) is 0 Å². The Hall–Kier alpha value is -0.540. The first-order valence-corrected chi connectivity index (χ1v) is 5.74. The van der Waals surface area contributed by atoms with E-state index in [9.17, 15) is 0 Å². The van der Waals surface area contributed by atoms with Gasteiger partial charge in [-0.3, -0.25) is 0 Å². The summed E-state index contributed by atoms with van der Waals surface area (Å²) in [6.45, 7) is 4.71. The van der Waals surface area contributed by atoms with Crippen LogP contribution in [-0.2, 0) is 13.0 Å². The Labute approximate surface area is 92.9 Å². The Bertz CT molecular complexity index is 354. The van der Waals surface area contributed by atoms with Gasteiger partial charge in [0.1, 0.15) is 0 Å². The van der Waals surface area contributed by atoms with Crippen molar-refractivity contribution in [3.05, 3.63) is 34.6 Å². The molecule has 0 bridgehead atoms. The molecule has 1 aromatic rings. The van der Waals surface area contributed by atoms with Crippen molar-refractivity contribution in [2.75, 3.05) is 0 Å². The van der Waals surface area contributed by atoms with Crippen LogP contribution in [0.15, 0.2) is 23.3 Å². The lowest BCUT2D eigenvalue weighted by molar-refractivity contribution is 0.549. The third-order valence-electron chi connectivity index (χ3n) is 2.78. The zero-order valence-corrected chi connectivity index (χ0v) is 9.76. The van der Waals surface area contributed by atoms with Gasteiger partial charge in [0, 0.05) is 22.4 Å². The van der Waals surface area contributed by atoms with E-state index in [-0.39, 0.29) is 6.04 Å². The summed E-state index contributed by atoms with van der Waals surface area (Å²) in [6, 6.07) is 2.39. The Balaban J connectivity index is 2.31. The highest BCUT2D eigenvalue weighted by Gasteiger charge is 2.19. The lowest BCUT2D eigenvalue weighted by Crippen LogP contribution is -2.18. The summed E-state index contributed by atoms with van der Waals surface area (Å²) in [5.41, 5.74) is 8.76. The molecule has 1 heterocycles. The molecule has 2 N–H and O–H groups in total. The predicted molar refractivity (Wildman–Crippen MR) is 62.4 cm³/mol. The van der Waals surface area contributed by atoms with Crippen molar-refractivity contribution < 1.29 is 0 Å². The van der Waals surface area contributed by atoms with E-state index in [1.54, 1.807) is 0 Å². The lowest BCUT2D eigenvalue weighted by Gasteiger charge is -2.20. The summed E-state index contributed by atoms with van der Waals surface area (Å²) in [5, 5.41) is 0. The Morgan fingerprint density at radius 1 is 1.71 bits per heavy atom. The molecule has 1 aliphatic carbocycles. The fourth-order valence-electron chi connectivity index (χ4n) is 2.13. The molecule has 0 spiro atoms. The van der Waals surface area contributed by atoms with Crippen LogP contribution < -0.4 is 5.73 Å². The minimum absolute atomic E-state index is 0.239. The normalized spacial score (nSPS) is 20.6. The second-order valence-corrected chi connectivity index (χ2v) is 4.98. The lowest BCUT2D eigenvalue weighted by atomic mass is 9.94. The average Bonchev–Trinajstić information content (AvgIpc) is 2.49. The Kier molecular flexibility index (Phi) is 2.79. The van der Waals surface area contributed by atoms with Crippen molar-refractivity contribution in [3.8, 4) is 0 Å². The predicted octanol–water partition coefficient (Wildman–Crippen LogP) is 2.73. The minimum atomic E-state index is 0.239. The number of halogens is 1. The third-order valence-corrected chi connectivity index (χ3v) is 3.03. The van der Waals surface area contributed by atoms with Crippen molar-refractivity contribution in [1.29, 1.82) is 0 Å². The molecule has 0 radical (unpaired) electrons. The van der Waals surface area contributed by atoms with E-state index in [4.69, 9.17) is 5.73 Å². The monoisotopic (exact) mass is 254 g/mol. The van der Waals surface area contributed by atoms with Gasteiger partial charge in [-0.1, -0.05) is 22.5 Å². The van der Waals surface area contributed by atoms with Crippen molar-refractivity contribution in [2.24, 2.45) is 5.73 Å². The molecule has 1 atom stereocenters. The molecule has 0 aliphatic heterocycles. The van der Waals surface area contributed by atoms with Crippen LogP contribution >= 0.6 is 15.9 Å². The van der Waals surface area contributed by atoms with Gasteiger partial charge < -0.3 is 10.3 Å². The molecular weight excluding hydrogens is 240 g/mol. The summed E-state index contributed by atoms with van der Waals surface area (Å²) >= 11 is 3.39. The zero-order valence-electron chi connectivity index (χ0n) is 8.17. The molecule has 0 amide bonds. The van der Waals surface area contributed by atoms with Gasteiger partial charge in [-0.05, 0) is 30.9 Å². The van der Waals surface area contributed by atoms with Crippen LogP contribution in [0.3, 0.4) is 0 Å². The highest BCUT2D eigenvalue weighted by Crippen LogP contribution is 2.29. The van der Waals surface area contributed by atoms with Crippen molar-refractivity contribution in [3.63, 3.8) is 0 Å². The van der Waals surface area contributed by atoms with E-state index in [0.717, 1.165) is 23.9 Å². The smallest absolute Gasteiger partial charge is 0.0532 e. The topological polar surface area (TPSA) is 30.9 Å². The summed E-state index contributed by atoms with van der Waals surface area (Å²) in [4.78, 5) is 0. The standard InChI is InChI=1S/C11H15BrN2/c1-8(12)7-14-6-5-9-10(13)3-2-4-11(9)14/h5-6,10H,1-4,7,13H2.